The topological polar surface area (TPSA) is 86.3 Å². The molecule has 0 spiro atoms. The Morgan fingerprint density at radius 2 is 0.622 bits per heavy atom. The standard InChI is InChI=1S/C26H54INO9/c1-28(2)8-10-30-12-14-32-16-18-34-20-22-36-24-26-37-25-23-35-21-19-33-17-15-31-13-11-29-9-6-4-3-5-7-27/h3-26H2,1-2H3. The van der Waals surface area contributed by atoms with E-state index in [9.17, 15) is 0 Å². The van der Waals surface area contributed by atoms with Crippen LogP contribution in [-0.4, -0.2) is 149 Å². The molecule has 0 amide bonds. The van der Waals surface area contributed by atoms with Crippen LogP contribution in [0.3, 0.4) is 0 Å². The van der Waals surface area contributed by atoms with E-state index in [0.29, 0.717) is 106 Å². The third-order valence-corrected chi connectivity index (χ3v) is 5.59. The van der Waals surface area contributed by atoms with Crippen LogP contribution in [0.4, 0.5) is 0 Å². The molecule has 0 radical (unpaired) electrons. The average molecular weight is 652 g/mol. The van der Waals surface area contributed by atoms with Gasteiger partial charge in [0.25, 0.3) is 0 Å². The van der Waals surface area contributed by atoms with Crippen LogP contribution < -0.4 is 0 Å². The largest absolute Gasteiger partial charge is 0.379 e. The lowest BCUT2D eigenvalue weighted by Gasteiger charge is -2.10. The molecule has 224 valence electrons. The fourth-order valence-corrected chi connectivity index (χ4v) is 3.30. The molecule has 0 aromatic carbocycles. The lowest BCUT2D eigenvalue weighted by atomic mass is 10.2. The molecule has 0 bridgehead atoms. The number of nitrogens with zero attached hydrogens (tertiary/aromatic N) is 1. The fourth-order valence-electron chi connectivity index (χ4n) is 2.76. The molecule has 11 heteroatoms. The van der Waals surface area contributed by atoms with Crippen LogP contribution in [0.15, 0.2) is 0 Å². The van der Waals surface area contributed by atoms with E-state index in [2.05, 4.69) is 27.5 Å². The summed E-state index contributed by atoms with van der Waals surface area (Å²) < 4.78 is 50.5. The Morgan fingerprint density at radius 1 is 0.351 bits per heavy atom. The second kappa shape index (κ2) is 34.4. The van der Waals surface area contributed by atoms with Crippen molar-refractivity contribution in [2.45, 2.75) is 25.7 Å². The minimum Gasteiger partial charge on any atom is -0.379 e. The van der Waals surface area contributed by atoms with Gasteiger partial charge in [-0.1, -0.05) is 35.4 Å². The zero-order chi connectivity index (χ0) is 26.9. The van der Waals surface area contributed by atoms with Crippen LogP contribution >= 0.6 is 22.6 Å². The molecule has 0 N–H and O–H groups in total. The van der Waals surface area contributed by atoms with Crippen molar-refractivity contribution in [2.24, 2.45) is 0 Å². The minimum absolute atomic E-state index is 0.538. The van der Waals surface area contributed by atoms with Crippen molar-refractivity contribution in [1.29, 1.82) is 0 Å². The maximum absolute atomic E-state index is 5.55. The molecule has 0 aromatic rings. The summed E-state index contributed by atoms with van der Waals surface area (Å²) in [5.41, 5.74) is 0. The van der Waals surface area contributed by atoms with Crippen molar-refractivity contribution in [1.82, 2.24) is 4.90 Å². The summed E-state index contributed by atoms with van der Waals surface area (Å²) in [6.07, 6.45) is 5.00. The first kappa shape index (κ1) is 37.3. The first-order valence-electron chi connectivity index (χ1n) is 13.7. The van der Waals surface area contributed by atoms with Crippen LogP contribution in [0.25, 0.3) is 0 Å². The highest BCUT2D eigenvalue weighted by atomic mass is 127. The van der Waals surface area contributed by atoms with Crippen molar-refractivity contribution in [3.8, 4) is 0 Å². The number of likely N-dealkylation sites (N-methyl/N-ethyl adjacent to an activating group) is 1. The Hall–Kier alpha value is 0.330. The van der Waals surface area contributed by atoms with Gasteiger partial charge in [-0.15, -0.1) is 0 Å². The molecular formula is C26H54INO9. The van der Waals surface area contributed by atoms with Crippen LogP contribution in [0.1, 0.15) is 25.7 Å². The van der Waals surface area contributed by atoms with Gasteiger partial charge in [0, 0.05) is 13.2 Å². The Balaban J connectivity index is 3.01. The molecule has 10 nitrogen and oxygen atoms in total. The van der Waals surface area contributed by atoms with E-state index in [0.717, 1.165) is 26.2 Å². The summed E-state index contributed by atoms with van der Waals surface area (Å²) in [4.78, 5) is 2.09. The number of hydrogen-bond acceptors (Lipinski definition) is 10. The predicted molar refractivity (Wildman–Crippen MR) is 153 cm³/mol. The van der Waals surface area contributed by atoms with Gasteiger partial charge in [-0.25, -0.2) is 0 Å². The molecule has 0 aromatic heterocycles. The van der Waals surface area contributed by atoms with Crippen molar-refractivity contribution in [3.63, 3.8) is 0 Å². The molecule has 0 unspecified atom stereocenters. The van der Waals surface area contributed by atoms with Gasteiger partial charge in [0.05, 0.1) is 112 Å². The third-order valence-electron chi connectivity index (χ3n) is 4.83. The van der Waals surface area contributed by atoms with Gasteiger partial charge < -0.3 is 47.5 Å². The predicted octanol–water partition coefficient (Wildman–Crippen LogP) is 2.69. The van der Waals surface area contributed by atoms with Gasteiger partial charge in [-0.05, 0) is 31.4 Å². The molecule has 0 atom stereocenters. The van der Waals surface area contributed by atoms with Crippen molar-refractivity contribution in [3.05, 3.63) is 0 Å². The number of unbranched alkanes of at least 4 members (excludes halogenated alkanes) is 3. The van der Waals surface area contributed by atoms with E-state index < -0.39 is 0 Å². The summed E-state index contributed by atoms with van der Waals surface area (Å²) in [7, 11) is 4.05. The van der Waals surface area contributed by atoms with Gasteiger partial charge in [0.15, 0.2) is 0 Å². The zero-order valence-electron chi connectivity index (χ0n) is 23.5. The monoisotopic (exact) mass is 651 g/mol. The summed E-state index contributed by atoms with van der Waals surface area (Å²) in [5.74, 6) is 0. The van der Waals surface area contributed by atoms with E-state index in [1.807, 2.05) is 14.1 Å². The molecule has 0 rings (SSSR count). The molecular weight excluding hydrogens is 597 g/mol. The Bertz CT molecular complexity index is 412. The summed E-state index contributed by atoms with van der Waals surface area (Å²) in [5, 5.41) is 0. The fraction of sp³-hybridized carbons (Fsp3) is 1.00. The average Bonchev–Trinajstić information content (AvgIpc) is 2.89. The Labute approximate surface area is 239 Å². The summed E-state index contributed by atoms with van der Waals surface area (Å²) in [6.45, 7) is 11.5. The van der Waals surface area contributed by atoms with Crippen LogP contribution in [0.2, 0.25) is 0 Å². The number of halogens is 1. The number of hydrogen-bond donors (Lipinski definition) is 0. The molecule has 0 saturated carbocycles. The number of ether oxygens (including phenoxy) is 9. The number of alkyl halides is 1. The Kier molecular flexibility index (Phi) is 34.7. The molecule has 0 saturated heterocycles. The quantitative estimate of drug-likeness (QED) is 0.0600. The van der Waals surface area contributed by atoms with Crippen LogP contribution in [-0.2, 0) is 42.6 Å². The normalized spacial score (nSPS) is 11.7. The van der Waals surface area contributed by atoms with E-state index in [1.54, 1.807) is 0 Å². The second-order valence-electron chi connectivity index (χ2n) is 8.42. The smallest absolute Gasteiger partial charge is 0.0701 e. The van der Waals surface area contributed by atoms with Gasteiger partial charge in [0.1, 0.15) is 0 Å². The van der Waals surface area contributed by atoms with Crippen LogP contribution in [0, 0.1) is 0 Å². The molecule has 0 heterocycles. The molecule has 0 aliphatic rings. The highest BCUT2D eigenvalue weighted by Gasteiger charge is 1.96. The van der Waals surface area contributed by atoms with E-state index in [-0.39, 0.29) is 0 Å². The summed E-state index contributed by atoms with van der Waals surface area (Å²) >= 11 is 2.42. The van der Waals surface area contributed by atoms with Gasteiger partial charge in [0.2, 0.25) is 0 Å². The SMILES string of the molecule is CN(C)CCOCCOCCOCCOCCOCCOCCOCCOCCOCCCCCCI. The Morgan fingerprint density at radius 3 is 0.919 bits per heavy atom. The second-order valence-corrected chi connectivity index (χ2v) is 9.50. The van der Waals surface area contributed by atoms with E-state index in [1.165, 1.54) is 23.7 Å². The van der Waals surface area contributed by atoms with E-state index in [4.69, 9.17) is 42.6 Å². The van der Waals surface area contributed by atoms with Gasteiger partial charge >= 0.3 is 0 Å². The third kappa shape index (κ3) is 36.3. The molecule has 37 heavy (non-hydrogen) atoms. The van der Waals surface area contributed by atoms with Crippen LogP contribution in [0.5, 0.6) is 0 Å². The van der Waals surface area contributed by atoms with Gasteiger partial charge in [-0.2, -0.15) is 0 Å². The first-order chi connectivity index (χ1) is 18.3. The highest BCUT2D eigenvalue weighted by molar-refractivity contribution is 14.1. The highest BCUT2D eigenvalue weighted by Crippen LogP contribution is 2.02. The number of rotatable bonds is 33. The summed E-state index contributed by atoms with van der Waals surface area (Å²) in [6, 6.07) is 0. The maximum atomic E-state index is 5.55. The van der Waals surface area contributed by atoms with Crippen molar-refractivity contribution >= 4 is 22.6 Å². The lowest BCUT2D eigenvalue weighted by molar-refractivity contribution is -0.0251. The maximum Gasteiger partial charge on any atom is 0.0701 e. The molecule has 0 aliphatic heterocycles. The molecule has 0 aliphatic carbocycles. The lowest BCUT2D eigenvalue weighted by Crippen LogP contribution is -2.19. The van der Waals surface area contributed by atoms with Crippen molar-refractivity contribution < 1.29 is 42.6 Å². The van der Waals surface area contributed by atoms with Crippen molar-refractivity contribution in [2.75, 3.05) is 144 Å². The van der Waals surface area contributed by atoms with Gasteiger partial charge in [-0.3, -0.25) is 0 Å². The molecule has 0 fully saturated rings. The van der Waals surface area contributed by atoms with E-state index >= 15 is 0 Å². The zero-order valence-corrected chi connectivity index (χ0v) is 25.6. The minimum atomic E-state index is 0.538. The first-order valence-corrected chi connectivity index (χ1v) is 15.2.